The van der Waals surface area contributed by atoms with Crippen LogP contribution in [0.15, 0.2) is 27.6 Å². The van der Waals surface area contributed by atoms with Gasteiger partial charge in [0.15, 0.2) is 0 Å². The first-order valence-electron chi connectivity index (χ1n) is 6.41. The van der Waals surface area contributed by atoms with Crippen LogP contribution in [0.2, 0.25) is 3.63 Å². The van der Waals surface area contributed by atoms with Gasteiger partial charge in [-0.3, -0.25) is 0 Å². The Morgan fingerprint density at radius 2 is 1.33 bits per heavy atom. The summed E-state index contributed by atoms with van der Waals surface area (Å²) in [5, 5.41) is 0. The van der Waals surface area contributed by atoms with Gasteiger partial charge in [0.2, 0.25) is 0 Å². The second kappa shape index (κ2) is 5.14. The summed E-state index contributed by atoms with van der Waals surface area (Å²) >= 11 is -2.94. The van der Waals surface area contributed by atoms with E-state index in [-0.39, 0.29) is 9.17 Å². The Morgan fingerprint density at radius 1 is 0.944 bits per heavy atom. The van der Waals surface area contributed by atoms with Crippen molar-refractivity contribution in [3.63, 3.8) is 0 Å². The second-order valence-corrected chi connectivity index (χ2v) is 16.1. The average Bonchev–Trinajstić information content (AvgIpc) is 2.60. The van der Waals surface area contributed by atoms with E-state index in [1.165, 1.54) is 0 Å². The van der Waals surface area contributed by atoms with Crippen molar-refractivity contribution in [1.29, 1.82) is 0 Å². The van der Waals surface area contributed by atoms with Crippen LogP contribution in [0.1, 0.15) is 27.7 Å². The van der Waals surface area contributed by atoms with E-state index in [0.717, 1.165) is 0 Å². The minimum absolute atomic E-state index is 0.00653. The normalized spacial score (nSPS) is 19.0. The van der Waals surface area contributed by atoms with Crippen LogP contribution in [0.5, 0.6) is 0 Å². The molecule has 18 heavy (non-hydrogen) atoms. The van der Waals surface area contributed by atoms with Crippen molar-refractivity contribution in [1.82, 2.24) is 6.61 Å². The summed E-state index contributed by atoms with van der Waals surface area (Å²) in [5.74, 6) is 0. The van der Waals surface area contributed by atoms with Gasteiger partial charge >= 0.3 is 117 Å². The molecule has 1 aliphatic carbocycles. The number of rotatable bonds is 3. The van der Waals surface area contributed by atoms with E-state index >= 15 is 0 Å². The summed E-state index contributed by atoms with van der Waals surface area (Å²) in [6.07, 6.45) is 8.98. The molecule has 0 heterocycles. The molecule has 1 aliphatic rings. The van der Waals surface area contributed by atoms with E-state index in [1.54, 1.807) is 0 Å². The molecule has 0 aromatic heterocycles. The van der Waals surface area contributed by atoms with Gasteiger partial charge in [-0.05, 0) is 0 Å². The fraction of sp³-hybridized carbons (Fsp3) is 0.714. The van der Waals surface area contributed by atoms with Crippen molar-refractivity contribution < 1.29 is 17.5 Å². The molecule has 0 bridgehead atoms. The Kier molecular flexibility index (Phi) is 4.57. The van der Waals surface area contributed by atoms with Gasteiger partial charge < -0.3 is 0 Å². The summed E-state index contributed by atoms with van der Waals surface area (Å²) in [4.78, 5) is 0. The van der Waals surface area contributed by atoms with Crippen molar-refractivity contribution in [3.05, 3.63) is 24.3 Å². The molecule has 0 aromatic rings. The van der Waals surface area contributed by atoms with E-state index in [0.29, 0.717) is 0 Å². The maximum absolute atomic E-state index is 5.34. The van der Waals surface area contributed by atoms with Crippen LogP contribution in [-0.4, -0.2) is 40.3 Å². The Bertz CT molecular complexity index is 387. The summed E-state index contributed by atoms with van der Waals surface area (Å²) in [6, 6.07) is 0. The molecule has 0 radical (unpaired) electrons. The quantitative estimate of drug-likeness (QED) is 0.739. The Morgan fingerprint density at radius 3 is 1.61 bits per heavy atom. The second-order valence-electron chi connectivity index (χ2n) is 6.48. The zero-order valence-electron chi connectivity index (χ0n) is 13.1. The van der Waals surface area contributed by atoms with E-state index in [1.807, 2.05) is 0 Å². The molecular formula is C14H28N3Nb. The van der Waals surface area contributed by atoms with Crippen LogP contribution in [0.4, 0.5) is 0 Å². The van der Waals surface area contributed by atoms with Gasteiger partial charge in [-0.15, -0.1) is 0 Å². The third-order valence-corrected chi connectivity index (χ3v) is 14.7. The third-order valence-electron chi connectivity index (χ3n) is 3.18. The van der Waals surface area contributed by atoms with Gasteiger partial charge in [0.25, 0.3) is 0 Å². The predicted molar refractivity (Wildman–Crippen MR) is 76.2 cm³/mol. The van der Waals surface area contributed by atoms with Crippen molar-refractivity contribution in [2.75, 3.05) is 28.2 Å². The van der Waals surface area contributed by atoms with Gasteiger partial charge in [0, 0.05) is 0 Å². The number of hydrogen-bond donors (Lipinski definition) is 0. The van der Waals surface area contributed by atoms with E-state index in [9.17, 15) is 0 Å². The monoisotopic (exact) mass is 331 g/mol. The molecule has 0 atom stereocenters. The van der Waals surface area contributed by atoms with Gasteiger partial charge in [-0.25, -0.2) is 0 Å². The predicted octanol–water partition coefficient (Wildman–Crippen LogP) is 3.38. The molecular weight excluding hydrogens is 303 g/mol. The third kappa shape index (κ3) is 2.75. The Balaban J connectivity index is 3.57. The summed E-state index contributed by atoms with van der Waals surface area (Å²) in [5.41, 5.74) is -0.00653. The Labute approximate surface area is 117 Å². The summed E-state index contributed by atoms with van der Waals surface area (Å²) < 4.78 is 10.2. The van der Waals surface area contributed by atoms with Gasteiger partial charge in [-0.1, -0.05) is 0 Å². The van der Waals surface area contributed by atoms with Crippen LogP contribution in [-0.2, 0) is 17.5 Å². The van der Waals surface area contributed by atoms with Crippen LogP contribution >= 0.6 is 0 Å². The molecule has 0 N–H and O–H groups in total. The molecule has 0 aliphatic heterocycles. The molecule has 0 amide bonds. The molecule has 4 heteroatoms. The average molecular weight is 331 g/mol. The molecule has 0 aromatic carbocycles. The van der Waals surface area contributed by atoms with Crippen molar-refractivity contribution in [2.45, 2.75) is 36.9 Å². The zero-order chi connectivity index (χ0) is 14.2. The Hall–Kier alpha value is -0.0597. The van der Waals surface area contributed by atoms with Crippen LogP contribution in [0.3, 0.4) is 0 Å². The first-order chi connectivity index (χ1) is 8.05. The van der Waals surface area contributed by atoms with E-state index < -0.39 is 17.5 Å². The topological polar surface area (TPSA) is 18.8 Å². The van der Waals surface area contributed by atoms with Crippen molar-refractivity contribution in [2.24, 2.45) is 3.34 Å². The first-order valence-corrected chi connectivity index (χ1v) is 10.5. The van der Waals surface area contributed by atoms with E-state index in [4.69, 9.17) is 3.34 Å². The maximum atomic E-state index is 5.34. The fourth-order valence-corrected chi connectivity index (χ4v) is 13.5. The molecule has 0 saturated heterocycles. The van der Waals surface area contributed by atoms with Crippen molar-refractivity contribution in [3.8, 4) is 0 Å². The minimum atomic E-state index is -2.94. The standard InChI is InChI=1S/C6H7.C4H9N.2C2H6N.Nb/c1-6-4-2-3-5-6;1-4(2,3)5;2*1-3-2;/h2-5H,1H3;1-3H3;2*1-2H3;/q;;2*-1;+2. The van der Waals surface area contributed by atoms with Crippen molar-refractivity contribution >= 4 is 0 Å². The molecule has 0 fully saturated rings. The number of allylic oxidation sites excluding steroid dienone is 4. The molecule has 104 valence electrons. The molecule has 0 unspecified atom stereocenters. The summed E-state index contributed by atoms with van der Waals surface area (Å²) in [6.45, 7) is 8.94. The first kappa shape index (κ1) is 16.0. The van der Waals surface area contributed by atoms with Gasteiger partial charge in [-0.2, -0.15) is 0 Å². The van der Waals surface area contributed by atoms with Crippen LogP contribution in [0.25, 0.3) is 0 Å². The number of nitrogens with zero attached hydrogens (tertiary/aromatic N) is 3. The molecule has 1 rings (SSSR count). The van der Waals surface area contributed by atoms with Crippen LogP contribution < -0.4 is 0 Å². The SMILES string of the molecule is C[N](C)[Nb](=[N]C(C)(C)C)([N](C)C)[C]1(C)C=CC=C1. The molecule has 3 nitrogen and oxygen atoms in total. The van der Waals surface area contributed by atoms with E-state index in [2.05, 4.69) is 86.8 Å². The summed E-state index contributed by atoms with van der Waals surface area (Å²) in [7, 11) is 8.75. The van der Waals surface area contributed by atoms with Crippen LogP contribution in [0, 0.1) is 0 Å². The number of hydrogen-bond acceptors (Lipinski definition) is 1. The molecule has 0 spiro atoms. The van der Waals surface area contributed by atoms with Gasteiger partial charge in [0.1, 0.15) is 0 Å². The van der Waals surface area contributed by atoms with Gasteiger partial charge in [0.05, 0.1) is 0 Å². The zero-order valence-corrected chi connectivity index (χ0v) is 15.3. The molecule has 0 saturated carbocycles. The fourth-order valence-electron chi connectivity index (χ4n) is 2.68.